The number of nitrogens with zero attached hydrogens (tertiary/aromatic N) is 1. The zero-order chi connectivity index (χ0) is 15.9. The molecule has 0 bridgehead atoms. The maximum absolute atomic E-state index is 11.8. The summed E-state index contributed by atoms with van der Waals surface area (Å²) in [5, 5.41) is 8.68. The van der Waals surface area contributed by atoms with E-state index in [1.807, 2.05) is 24.3 Å². The Morgan fingerprint density at radius 1 is 1.32 bits per heavy atom. The molecule has 5 heteroatoms. The van der Waals surface area contributed by atoms with Crippen LogP contribution in [-0.4, -0.2) is 41.6 Å². The van der Waals surface area contributed by atoms with Crippen molar-refractivity contribution in [2.24, 2.45) is 0 Å². The number of aryl methyl sites for hydroxylation is 1. The molecule has 22 heavy (non-hydrogen) atoms. The van der Waals surface area contributed by atoms with Crippen molar-refractivity contribution in [3.05, 3.63) is 29.8 Å². The molecular weight excluding hydrogens is 282 g/mol. The standard InChI is InChI=1S/C17H23NO4/c1-18(12-17(20)21)16(19)10-9-13-5-4-8-15(11-13)22-14-6-2-3-7-14/h4-5,8,11,14H,2-3,6-7,9-10,12H2,1H3,(H,20,21). The molecule has 0 unspecified atom stereocenters. The fourth-order valence-electron chi connectivity index (χ4n) is 2.71. The van der Waals surface area contributed by atoms with Gasteiger partial charge >= 0.3 is 5.97 Å². The summed E-state index contributed by atoms with van der Waals surface area (Å²) in [6.07, 6.45) is 5.90. The number of aliphatic carboxylic acids is 1. The van der Waals surface area contributed by atoms with E-state index < -0.39 is 5.97 Å². The molecule has 1 saturated carbocycles. The largest absolute Gasteiger partial charge is 0.490 e. The highest BCUT2D eigenvalue weighted by atomic mass is 16.5. The Kier molecular flexibility index (Phi) is 5.81. The van der Waals surface area contributed by atoms with Crippen molar-refractivity contribution in [2.45, 2.75) is 44.6 Å². The van der Waals surface area contributed by atoms with Crippen molar-refractivity contribution < 1.29 is 19.4 Å². The molecule has 0 saturated heterocycles. The number of carboxylic acid groups (broad SMARTS) is 1. The van der Waals surface area contributed by atoms with Gasteiger partial charge in [0, 0.05) is 13.5 Å². The van der Waals surface area contributed by atoms with Crippen LogP contribution in [-0.2, 0) is 16.0 Å². The normalized spacial score (nSPS) is 14.8. The van der Waals surface area contributed by atoms with Crippen molar-refractivity contribution in [1.82, 2.24) is 4.90 Å². The van der Waals surface area contributed by atoms with Gasteiger partial charge in [-0.05, 0) is 49.8 Å². The summed E-state index contributed by atoms with van der Waals surface area (Å²) in [5.74, 6) is -0.303. The summed E-state index contributed by atoms with van der Waals surface area (Å²) >= 11 is 0. The van der Waals surface area contributed by atoms with E-state index in [-0.39, 0.29) is 12.5 Å². The third-order valence-corrected chi connectivity index (χ3v) is 3.93. The Balaban J connectivity index is 1.84. The lowest BCUT2D eigenvalue weighted by atomic mass is 10.1. The first-order valence-corrected chi connectivity index (χ1v) is 7.76. The minimum atomic E-state index is -0.997. The number of carbonyl (C=O) groups excluding carboxylic acids is 1. The minimum absolute atomic E-state index is 0.162. The maximum atomic E-state index is 11.8. The van der Waals surface area contributed by atoms with Gasteiger partial charge in [-0.2, -0.15) is 0 Å². The fraction of sp³-hybridized carbons (Fsp3) is 0.529. The maximum Gasteiger partial charge on any atom is 0.323 e. The summed E-state index contributed by atoms with van der Waals surface area (Å²) in [7, 11) is 1.51. The summed E-state index contributed by atoms with van der Waals surface area (Å²) in [5.41, 5.74) is 1.03. The Hall–Kier alpha value is -2.04. The van der Waals surface area contributed by atoms with Crippen molar-refractivity contribution in [2.75, 3.05) is 13.6 Å². The summed E-state index contributed by atoms with van der Waals surface area (Å²) < 4.78 is 5.95. The summed E-state index contributed by atoms with van der Waals surface area (Å²) in [6, 6.07) is 7.82. The monoisotopic (exact) mass is 305 g/mol. The molecule has 0 heterocycles. The minimum Gasteiger partial charge on any atom is -0.490 e. The molecule has 1 aliphatic rings. The Morgan fingerprint density at radius 3 is 2.73 bits per heavy atom. The number of carboxylic acids is 1. The highest BCUT2D eigenvalue weighted by Crippen LogP contribution is 2.24. The second-order valence-electron chi connectivity index (χ2n) is 5.82. The van der Waals surface area contributed by atoms with E-state index in [2.05, 4.69) is 0 Å². The zero-order valence-electron chi connectivity index (χ0n) is 13.0. The fourth-order valence-corrected chi connectivity index (χ4v) is 2.71. The number of rotatable bonds is 7. The van der Waals surface area contributed by atoms with Gasteiger partial charge in [0.25, 0.3) is 0 Å². The van der Waals surface area contributed by atoms with Crippen LogP contribution in [0.3, 0.4) is 0 Å². The predicted molar refractivity (Wildman–Crippen MR) is 82.9 cm³/mol. The molecule has 1 N–H and O–H groups in total. The van der Waals surface area contributed by atoms with Crippen molar-refractivity contribution in [1.29, 1.82) is 0 Å². The third kappa shape index (κ3) is 5.06. The molecule has 0 spiro atoms. The van der Waals surface area contributed by atoms with Gasteiger partial charge < -0.3 is 14.7 Å². The molecular formula is C17H23NO4. The third-order valence-electron chi connectivity index (χ3n) is 3.93. The molecule has 1 amide bonds. The van der Waals surface area contributed by atoms with Gasteiger partial charge in [-0.1, -0.05) is 12.1 Å². The van der Waals surface area contributed by atoms with Crippen LogP contribution in [0.1, 0.15) is 37.7 Å². The number of hydrogen-bond donors (Lipinski definition) is 1. The molecule has 120 valence electrons. The number of hydrogen-bond acceptors (Lipinski definition) is 3. The SMILES string of the molecule is CN(CC(=O)O)C(=O)CCc1cccc(OC2CCCC2)c1. The van der Waals surface area contributed by atoms with Crippen LogP contribution in [0.15, 0.2) is 24.3 Å². The van der Waals surface area contributed by atoms with Gasteiger partial charge in [0.15, 0.2) is 0 Å². The van der Waals surface area contributed by atoms with Gasteiger partial charge in [-0.3, -0.25) is 9.59 Å². The number of benzene rings is 1. The van der Waals surface area contributed by atoms with E-state index in [0.29, 0.717) is 18.9 Å². The van der Waals surface area contributed by atoms with Gasteiger partial charge in [-0.25, -0.2) is 0 Å². The highest BCUT2D eigenvalue weighted by molar-refractivity contribution is 5.81. The average molecular weight is 305 g/mol. The number of carbonyl (C=O) groups is 2. The second kappa shape index (κ2) is 7.82. The number of likely N-dealkylation sites (N-methyl/N-ethyl adjacent to an activating group) is 1. The molecule has 1 fully saturated rings. The smallest absolute Gasteiger partial charge is 0.323 e. The van der Waals surface area contributed by atoms with Crippen LogP contribution in [0, 0.1) is 0 Å². The first-order valence-electron chi connectivity index (χ1n) is 7.76. The van der Waals surface area contributed by atoms with Crippen molar-refractivity contribution in [3.63, 3.8) is 0 Å². The van der Waals surface area contributed by atoms with E-state index in [0.717, 1.165) is 24.2 Å². The van der Waals surface area contributed by atoms with E-state index in [1.54, 1.807) is 0 Å². The number of amides is 1. The lowest BCUT2D eigenvalue weighted by molar-refractivity contribution is -0.143. The number of ether oxygens (including phenoxy) is 1. The van der Waals surface area contributed by atoms with E-state index in [4.69, 9.17) is 9.84 Å². The van der Waals surface area contributed by atoms with Gasteiger partial charge in [-0.15, -0.1) is 0 Å². The van der Waals surface area contributed by atoms with Crippen LogP contribution < -0.4 is 4.74 Å². The summed E-state index contributed by atoms with van der Waals surface area (Å²) in [4.78, 5) is 23.7. The lowest BCUT2D eigenvalue weighted by Crippen LogP contribution is -2.32. The Labute approximate surface area is 130 Å². The van der Waals surface area contributed by atoms with Gasteiger partial charge in [0.2, 0.25) is 5.91 Å². The van der Waals surface area contributed by atoms with E-state index in [9.17, 15) is 9.59 Å². The van der Waals surface area contributed by atoms with Crippen molar-refractivity contribution in [3.8, 4) is 5.75 Å². The van der Waals surface area contributed by atoms with E-state index >= 15 is 0 Å². The quantitative estimate of drug-likeness (QED) is 0.840. The first kappa shape index (κ1) is 16.3. The zero-order valence-corrected chi connectivity index (χ0v) is 13.0. The summed E-state index contributed by atoms with van der Waals surface area (Å²) in [6.45, 7) is -0.260. The Morgan fingerprint density at radius 2 is 2.05 bits per heavy atom. The molecule has 0 aromatic heterocycles. The first-order chi connectivity index (χ1) is 10.5. The van der Waals surface area contributed by atoms with Crippen molar-refractivity contribution >= 4 is 11.9 Å². The molecule has 1 aromatic rings. The molecule has 0 aliphatic heterocycles. The van der Waals surface area contributed by atoms with Crippen LogP contribution in [0.4, 0.5) is 0 Å². The molecule has 5 nitrogen and oxygen atoms in total. The molecule has 2 rings (SSSR count). The highest BCUT2D eigenvalue weighted by Gasteiger charge is 2.16. The van der Waals surface area contributed by atoms with Gasteiger partial charge in [0.05, 0.1) is 6.10 Å². The lowest BCUT2D eigenvalue weighted by Gasteiger charge is -2.15. The van der Waals surface area contributed by atoms with Crippen LogP contribution >= 0.6 is 0 Å². The average Bonchev–Trinajstić information content (AvgIpc) is 2.97. The topological polar surface area (TPSA) is 66.8 Å². The molecule has 0 radical (unpaired) electrons. The molecule has 0 atom stereocenters. The van der Waals surface area contributed by atoms with Gasteiger partial charge in [0.1, 0.15) is 12.3 Å². The molecule has 1 aromatic carbocycles. The Bertz CT molecular complexity index is 523. The van der Waals surface area contributed by atoms with Crippen LogP contribution in [0.5, 0.6) is 5.75 Å². The van der Waals surface area contributed by atoms with E-state index in [1.165, 1.54) is 24.8 Å². The molecule has 1 aliphatic carbocycles. The van der Waals surface area contributed by atoms with Crippen LogP contribution in [0.25, 0.3) is 0 Å². The second-order valence-corrected chi connectivity index (χ2v) is 5.82. The predicted octanol–water partition coefficient (Wildman–Crippen LogP) is 2.48. The van der Waals surface area contributed by atoms with Crippen LogP contribution in [0.2, 0.25) is 0 Å².